The average molecular weight is 482 g/mol. The van der Waals surface area contributed by atoms with Crippen molar-refractivity contribution in [2.45, 2.75) is 57.4 Å². The maximum Gasteiger partial charge on any atom is 0.324 e. The Hall–Kier alpha value is -3.16. The molecule has 1 aromatic rings. The molecule has 35 heavy (non-hydrogen) atoms. The Balaban J connectivity index is 1.16. The third-order valence-electron chi connectivity index (χ3n) is 7.50. The van der Waals surface area contributed by atoms with Crippen molar-refractivity contribution >= 4 is 29.4 Å². The Morgan fingerprint density at radius 1 is 1.09 bits per heavy atom. The molecular formula is C27H35N3O5. The lowest BCUT2D eigenvalue weighted by Crippen LogP contribution is -2.61. The van der Waals surface area contributed by atoms with E-state index in [0.29, 0.717) is 45.2 Å². The summed E-state index contributed by atoms with van der Waals surface area (Å²) in [6, 6.07) is 9.58. The van der Waals surface area contributed by atoms with E-state index in [1.165, 1.54) is 23.1 Å². The van der Waals surface area contributed by atoms with Gasteiger partial charge >= 0.3 is 12.0 Å². The second kappa shape index (κ2) is 11.5. The molecule has 3 atom stereocenters. The van der Waals surface area contributed by atoms with Crippen LogP contribution in [0.2, 0.25) is 0 Å². The summed E-state index contributed by atoms with van der Waals surface area (Å²) >= 11 is 0. The smallest absolute Gasteiger partial charge is 0.324 e. The van der Waals surface area contributed by atoms with Crippen LogP contribution >= 0.6 is 0 Å². The van der Waals surface area contributed by atoms with E-state index in [1.54, 1.807) is 0 Å². The third kappa shape index (κ3) is 5.92. The molecule has 1 aromatic carbocycles. The Bertz CT molecular complexity index is 976. The molecule has 2 aliphatic heterocycles. The van der Waals surface area contributed by atoms with E-state index in [1.807, 2.05) is 23.1 Å². The van der Waals surface area contributed by atoms with Crippen LogP contribution in [0.5, 0.6) is 0 Å². The van der Waals surface area contributed by atoms with Crippen molar-refractivity contribution in [1.29, 1.82) is 0 Å². The number of rotatable bonds is 8. The topological polar surface area (TPSA) is 96.0 Å². The summed E-state index contributed by atoms with van der Waals surface area (Å²) in [5.41, 5.74) is 2.51. The van der Waals surface area contributed by atoms with Gasteiger partial charge in [-0.05, 0) is 49.7 Å². The van der Waals surface area contributed by atoms with E-state index in [0.717, 1.165) is 25.8 Å². The lowest BCUT2D eigenvalue weighted by Gasteiger charge is -2.41. The summed E-state index contributed by atoms with van der Waals surface area (Å²) in [5, 5.41) is 2.92. The Morgan fingerprint density at radius 2 is 1.89 bits per heavy atom. The van der Waals surface area contributed by atoms with Gasteiger partial charge in [0.15, 0.2) is 0 Å². The van der Waals surface area contributed by atoms with Gasteiger partial charge in [-0.3, -0.25) is 19.3 Å². The van der Waals surface area contributed by atoms with E-state index in [2.05, 4.69) is 23.5 Å². The SMILES string of the molecule is COC(=O)C1CCC2C(=O)N(CCCCCC(=O)N3CC=C(c4ccccc4)CC3)C(=O)NC2C1. The quantitative estimate of drug-likeness (QED) is 0.454. The molecule has 3 aliphatic rings. The molecule has 0 radical (unpaired) electrons. The fourth-order valence-corrected chi connectivity index (χ4v) is 5.45. The normalized spacial score (nSPS) is 24.4. The van der Waals surface area contributed by atoms with Crippen LogP contribution in [0.15, 0.2) is 36.4 Å². The number of nitrogens with one attached hydrogen (secondary N) is 1. The van der Waals surface area contributed by atoms with Crippen molar-refractivity contribution in [2.24, 2.45) is 11.8 Å². The first-order chi connectivity index (χ1) is 17.0. The number of fused-ring (bicyclic) bond motifs is 1. The molecule has 4 amide bonds. The number of hydrogen-bond acceptors (Lipinski definition) is 5. The van der Waals surface area contributed by atoms with Gasteiger partial charge in [-0.1, -0.05) is 42.8 Å². The molecule has 3 unspecified atom stereocenters. The predicted molar refractivity (Wildman–Crippen MR) is 131 cm³/mol. The summed E-state index contributed by atoms with van der Waals surface area (Å²) in [5.74, 6) is -0.806. The summed E-state index contributed by atoms with van der Waals surface area (Å²) < 4.78 is 4.82. The first-order valence-corrected chi connectivity index (χ1v) is 12.7. The van der Waals surface area contributed by atoms with Crippen LogP contribution in [-0.4, -0.2) is 66.4 Å². The van der Waals surface area contributed by atoms with Gasteiger partial charge in [0.25, 0.3) is 0 Å². The minimum absolute atomic E-state index is 0.146. The highest BCUT2D eigenvalue weighted by Crippen LogP contribution is 2.33. The maximum absolute atomic E-state index is 12.9. The number of benzene rings is 1. The van der Waals surface area contributed by atoms with Crippen molar-refractivity contribution in [3.63, 3.8) is 0 Å². The number of urea groups is 1. The number of amides is 4. The first-order valence-electron chi connectivity index (χ1n) is 12.7. The highest BCUT2D eigenvalue weighted by molar-refractivity contribution is 5.98. The van der Waals surface area contributed by atoms with Gasteiger partial charge in [-0.15, -0.1) is 0 Å². The number of hydrogen-bond donors (Lipinski definition) is 1. The molecule has 0 spiro atoms. The van der Waals surface area contributed by atoms with Crippen LogP contribution < -0.4 is 5.32 Å². The zero-order valence-corrected chi connectivity index (χ0v) is 20.4. The highest BCUT2D eigenvalue weighted by atomic mass is 16.5. The van der Waals surface area contributed by atoms with E-state index >= 15 is 0 Å². The first kappa shape index (κ1) is 24.9. The summed E-state index contributed by atoms with van der Waals surface area (Å²) in [7, 11) is 1.36. The van der Waals surface area contributed by atoms with Crippen LogP contribution in [0.3, 0.4) is 0 Å². The monoisotopic (exact) mass is 481 g/mol. The van der Waals surface area contributed by atoms with E-state index in [9.17, 15) is 19.2 Å². The minimum Gasteiger partial charge on any atom is -0.469 e. The van der Waals surface area contributed by atoms with Crippen molar-refractivity contribution < 1.29 is 23.9 Å². The van der Waals surface area contributed by atoms with E-state index in [4.69, 9.17) is 4.74 Å². The Labute approximate surface area is 206 Å². The number of unbranched alkanes of at least 4 members (excludes halogenated alkanes) is 2. The highest BCUT2D eigenvalue weighted by Gasteiger charge is 2.45. The molecule has 188 valence electrons. The van der Waals surface area contributed by atoms with Gasteiger partial charge in [-0.25, -0.2) is 4.79 Å². The molecule has 1 aliphatic carbocycles. The molecule has 4 rings (SSSR count). The largest absolute Gasteiger partial charge is 0.469 e. The number of esters is 1. The van der Waals surface area contributed by atoms with E-state index < -0.39 is 0 Å². The van der Waals surface area contributed by atoms with Gasteiger partial charge in [0.2, 0.25) is 11.8 Å². The van der Waals surface area contributed by atoms with Gasteiger partial charge in [-0.2, -0.15) is 0 Å². The Morgan fingerprint density at radius 3 is 2.60 bits per heavy atom. The number of nitrogens with zero attached hydrogens (tertiary/aromatic N) is 2. The van der Waals surface area contributed by atoms with Crippen molar-refractivity contribution in [3.05, 3.63) is 42.0 Å². The minimum atomic E-state index is -0.382. The number of methoxy groups -OCH3 is 1. The number of carbonyl (C=O) groups is 4. The lowest BCUT2D eigenvalue weighted by atomic mass is 9.76. The molecule has 0 aromatic heterocycles. The molecule has 8 nitrogen and oxygen atoms in total. The van der Waals surface area contributed by atoms with Crippen LogP contribution in [0.4, 0.5) is 4.79 Å². The number of ether oxygens (including phenoxy) is 1. The molecule has 1 saturated heterocycles. The standard InChI is InChI=1S/C27H35N3O5/c1-35-26(33)21-11-12-22-23(18-21)28-27(34)30(25(22)32)15-7-3-6-10-24(31)29-16-13-20(14-17-29)19-8-4-2-5-9-19/h2,4-5,8-9,13,21-23H,3,6-7,10-12,14-18H2,1H3,(H,28,34). The van der Waals surface area contributed by atoms with Crippen LogP contribution in [0.25, 0.3) is 5.57 Å². The number of imide groups is 1. The fourth-order valence-electron chi connectivity index (χ4n) is 5.45. The summed E-state index contributed by atoms with van der Waals surface area (Å²) in [6.45, 7) is 1.74. The van der Waals surface area contributed by atoms with Crippen molar-refractivity contribution in [3.8, 4) is 0 Å². The second-order valence-corrected chi connectivity index (χ2v) is 9.68. The van der Waals surface area contributed by atoms with Crippen LogP contribution in [0, 0.1) is 11.8 Å². The zero-order chi connectivity index (χ0) is 24.8. The maximum atomic E-state index is 12.9. The molecule has 2 fully saturated rings. The van der Waals surface area contributed by atoms with Gasteiger partial charge in [0, 0.05) is 32.1 Å². The fraction of sp³-hybridized carbons (Fsp3) is 0.556. The van der Waals surface area contributed by atoms with Crippen LogP contribution in [0.1, 0.15) is 56.9 Å². The van der Waals surface area contributed by atoms with Crippen LogP contribution in [-0.2, 0) is 19.1 Å². The molecule has 1 saturated carbocycles. The average Bonchev–Trinajstić information content (AvgIpc) is 2.89. The van der Waals surface area contributed by atoms with Crippen molar-refractivity contribution in [2.75, 3.05) is 26.7 Å². The molecule has 1 N–H and O–H groups in total. The van der Waals surface area contributed by atoms with E-state index in [-0.39, 0.29) is 41.7 Å². The summed E-state index contributed by atoms with van der Waals surface area (Å²) in [4.78, 5) is 53.1. The van der Waals surface area contributed by atoms with Gasteiger partial charge in [0.1, 0.15) is 0 Å². The second-order valence-electron chi connectivity index (χ2n) is 9.68. The Kier molecular flexibility index (Phi) is 8.21. The number of carbonyl (C=O) groups excluding carboxylic acids is 4. The van der Waals surface area contributed by atoms with Gasteiger partial charge < -0.3 is 15.0 Å². The third-order valence-corrected chi connectivity index (χ3v) is 7.50. The predicted octanol–water partition coefficient (Wildman–Crippen LogP) is 3.37. The zero-order valence-electron chi connectivity index (χ0n) is 20.4. The molecular weight excluding hydrogens is 446 g/mol. The molecule has 2 heterocycles. The van der Waals surface area contributed by atoms with Gasteiger partial charge in [0.05, 0.1) is 18.9 Å². The summed E-state index contributed by atoms with van der Waals surface area (Å²) in [6.07, 6.45) is 7.30. The molecule has 0 bridgehead atoms. The lowest BCUT2D eigenvalue weighted by molar-refractivity contribution is -0.149. The van der Waals surface area contributed by atoms with Crippen molar-refractivity contribution in [1.82, 2.24) is 15.1 Å². The molecule has 8 heteroatoms.